The molecule has 0 spiro atoms. The van der Waals surface area contributed by atoms with Crippen LogP contribution in [0.25, 0.3) is 0 Å². The number of amides is 1. The van der Waals surface area contributed by atoms with E-state index in [0.29, 0.717) is 11.3 Å². The van der Waals surface area contributed by atoms with Gasteiger partial charge in [0.15, 0.2) is 0 Å². The number of benzene rings is 1. The fourth-order valence-electron chi connectivity index (χ4n) is 1.08. The van der Waals surface area contributed by atoms with Crippen LogP contribution in [-0.4, -0.2) is 5.91 Å². The number of carbonyl (C=O) groups excluding carboxylic acids is 1. The molecular weight excluding hydrogens is 169 g/mol. The van der Waals surface area contributed by atoms with Crippen molar-refractivity contribution in [2.24, 2.45) is 0 Å². The van der Waals surface area contributed by atoms with Crippen molar-refractivity contribution in [2.75, 3.05) is 5.32 Å². The van der Waals surface area contributed by atoms with Gasteiger partial charge in [0.1, 0.15) is 6.67 Å². The smallest absolute Gasteiger partial charge is 0.221 e. The largest absolute Gasteiger partial charge is 0.326 e. The summed E-state index contributed by atoms with van der Waals surface area (Å²) in [6, 6.07) is 5.15. The van der Waals surface area contributed by atoms with Crippen LogP contribution in [0.5, 0.6) is 0 Å². The third kappa shape index (κ3) is 2.54. The van der Waals surface area contributed by atoms with Crippen LogP contribution in [0.3, 0.4) is 0 Å². The summed E-state index contributed by atoms with van der Waals surface area (Å²) in [6.07, 6.45) is 0. The number of rotatable bonds is 2. The van der Waals surface area contributed by atoms with Crippen molar-refractivity contribution in [3.63, 3.8) is 0 Å². The average molecular weight is 181 g/mol. The van der Waals surface area contributed by atoms with Crippen LogP contribution in [-0.2, 0) is 11.5 Å². The Morgan fingerprint density at radius 2 is 2.23 bits per heavy atom. The zero-order chi connectivity index (χ0) is 9.84. The van der Waals surface area contributed by atoms with Gasteiger partial charge in [-0.15, -0.1) is 0 Å². The lowest BCUT2D eigenvalue weighted by Gasteiger charge is -2.07. The number of carbonyl (C=O) groups is 1. The van der Waals surface area contributed by atoms with Crippen LogP contribution < -0.4 is 5.32 Å². The maximum absolute atomic E-state index is 12.3. The van der Waals surface area contributed by atoms with E-state index in [1.165, 1.54) is 6.92 Å². The third-order valence-electron chi connectivity index (χ3n) is 1.77. The molecule has 0 aliphatic heterocycles. The molecule has 0 atom stereocenters. The van der Waals surface area contributed by atoms with Crippen LogP contribution in [0.4, 0.5) is 10.1 Å². The Morgan fingerprint density at radius 1 is 1.54 bits per heavy atom. The summed E-state index contributed by atoms with van der Waals surface area (Å²) in [5.41, 5.74) is 2.20. The van der Waals surface area contributed by atoms with Gasteiger partial charge < -0.3 is 5.32 Å². The highest BCUT2D eigenvalue weighted by Crippen LogP contribution is 2.17. The number of hydrogen-bond donors (Lipinski definition) is 1. The molecule has 0 saturated carbocycles. The van der Waals surface area contributed by atoms with Crippen molar-refractivity contribution in [3.8, 4) is 0 Å². The van der Waals surface area contributed by atoms with E-state index >= 15 is 0 Å². The minimum Gasteiger partial charge on any atom is -0.326 e. The second-order valence-electron chi connectivity index (χ2n) is 2.96. The molecular formula is C10H12FNO. The number of aryl methyl sites for hydroxylation is 1. The molecule has 1 aromatic carbocycles. The SMILES string of the molecule is CC(=O)Nc1cc(CF)ccc1C. The molecule has 0 fully saturated rings. The summed E-state index contributed by atoms with van der Waals surface area (Å²) in [6.45, 7) is 2.79. The monoisotopic (exact) mass is 181 g/mol. The van der Waals surface area contributed by atoms with E-state index in [-0.39, 0.29) is 5.91 Å². The van der Waals surface area contributed by atoms with Gasteiger partial charge >= 0.3 is 0 Å². The maximum Gasteiger partial charge on any atom is 0.221 e. The molecule has 1 amide bonds. The molecule has 0 aliphatic carbocycles. The van der Waals surface area contributed by atoms with E-state index in [2.05, 4.69) is 5.32 Å². The standard InChI is InChI=1S/C10H12FNO/c1-7-3-4-9(6-11)5-10(7)12-8(2)13/h3-5H,6H2,1-2H3,(H,12,13). The summed E-state index contributed by atoms with van der Waals surface area (Å²) in [5.74, 6) is -0.140. The summed E-state index contributed by atoms with van der Waals surface area (Å²) in [7, 11) is 0. The van der Waals surface area contributed by atoms with E-state index < -0.39 is 6.67 Å². The zero-order valence-electron chi connectivity index (χ0n) is 7.73. The fraction of sp³-hybridized carbons (Fsp3) is 0.300. The Bertz CT molecular complexity index is 323. The van der Waals surface area contributed by atoms with E-state index in [1.807, 2.05) is 6.92 Å². The first kappa shape index (κ1) is 9.71. The quantitative estimate of drug-likeness (QED) is 0.745. The van der Waals surface area contributed by atoms with Gasteiger partial charge in [-0.1, -0.05) is 12.1 Å². The normalized spacial score (nSPS) is 9.77. The number of nitrogens with one attached hydrogen (secondary N) is 1. The summed E-state index contributed by atoms with van der Waals surface area (Å²) in [5, 5.41) is 2.64. The molecule has 0 radical (unpaired) electrons. The molecule has 13 heavy (non-hydrogen) atoms. The predicted octanol–water partition coefficient (Wildman–Crippen LogP) is 2.42. The van der Waals surface area contributed by atoms with Gasteiger partial charge in [-0.25, -0.2) is 4.39 Å². The second kappa shape index (κ2) is 4.03. The van der Waals surface area contributed by atoms with Crippen molar-refractivity contribution in [3.05, 3.63) is 29.3 Å². The van der Waals surface area contributed by atoms with Gasteiger partial charge in [0.05, 0.1) is 0 Å². The van der Waals surface area contributed by atoms with Gasteiger partial charge in [-0.05, 0) is 24.1 Å². The van der Waals surface area contributed by atoms with E-state index in [4.69, 9.17) is 0 Å². The van der Waals surface area contributed by atoms with Crippen molar-refractivity contribution >= 4 is 11.6 Å². The molecule has 1 N–H and O–H groups in total. The van der Waals surface area contributed by atoms with Gasteiger partial charge in [0, 0.05) is 12.6 Å². The first-order valence-electron chi connectivity index (χ1n) is 4.06. The first-order valence-corrected chi connectivity index (χ1v) is 4.06. The minimum absolute atomic E-state index is 0.140. The zero-order valence-corrected chi connectivity index (χ0v) is 7.73. The Labute approximate surface area is 76.8 Å². The first-order chi connectivity index (χ1) is 6.13. The lowest BCUT2D eigenvalue weighted by molar-refractivity contribution is -0.114. The summed E-state index contributed by atoms with van der Waals surface area (Å²) >= 11 is 0. The maximum atomic E-state index is 12.3. The molecule has 0 unspecified atom stereocenters. The molecule has 70 valence electrons. The lowest BCUT2D eigenvalue weighted by Crippen LogP contribution is -2.07. The summed E-state index contributed by atoms with van der Waals surface area (Å²) in [4.78, 5) is 10.8. The lowest BCUT2D eigenvalue weighted by atomic mass is 10.1. The highest BCUT2D eigenvalue weighted by molar-refractivity contribution is 5.89. The molecule has 0 heterocycles. The van der Waals surface area contributed by atoms with Crippen molar-refractivity contribution < 1.29 is 9.18 Å². The number of alkyl halides is 1. The number of anilines is 1. The highest BCUT2D eigenvalue weighted by atomic mass is 19.1. The van der Waals surface area contributed by atoms with E-state index in [0.717, 1.165) is 5.56 Å². The average Bonchev–Trinajstić information content (AvgIpc) is 2.08. The van der Waals surface area contributed by atoms with Crippen LogP contribution >= 0.6 is 0 Å². The van der Waals surface area contributed by atoms with Crippen molar-refractivity contribution in [1.29, 1.82) is 0 Å². The molecule has 1 aromatic rings. The molecule has 2 nitrogen and oxygen atoms in total. The van der Waals surface area contributed by atoms with Gasteiger partial charge in [-0.3, -0.25) is 4.79 Å². The molecule has 0 aromatic heterocycles. The molecule has 1 rings (SSSR count). The fourth-order valence-corrected chi connectivity index (χ4v) is 1.08. The topological polar surface area (TPSA) is 29.1 Å². The van der Waals surface area contributed by atoms with Gasteiger partial charge in [0.2, 0.25) is 5.91 Å². The van der Waals surface area contributed by atoms with Crippen LogP contribution in [0.1, 0.15) is 18.1 Å². The third-order valence-corrected chi connectivity index (χ3v) is 1.77. The Kier molecular flexibility index (Phi) is 3.01. The highest BCUT2D eigenvalue weighted by Gasteiger charge is 2.01. The van der Waals surface area contributed by atoms with Crippen molar-refractivity contribution in [2.45, 2.75) is 20.5 Å². The minimum atomic E-state index is -0.507. The molecule has 0 saturated heterocycles. The van der Waals surface area contributed by atoms with E-state index in [9.17, 15) is 9.18 Å². The van der Waals surface area contributed by atoms with Crippen LogP contribution in [0.2, 0.25) is 0 Å². The number of halogens is 1. The Hall–Kier alpha value is -1.38. The molecule has 0 aliphatic rings. The number of hydrogen-bond acceptors (Lipinski definition) is 1. The molecule has 0 bridgehead atoms. The van der Waals surface area contributed by atoms with Crippen LogP contribution in [0.15, 0.2) is 18.2 Å². The van der Waals surface area contributed by atoms with E-state index in [1.54, 1.807) is 18.2 Å². The van der Waals surface area contributed by atoms with Gasteiger partial charge in [-0.2, -0.15) is 0 Å². The Morgan fingerprint density at radius 3 is 2.77 bits per heavy atom. The van der Waals surface area contributed by atoms with Crippen molar-refractivity contribution in [1.82, 2.24) is 0 Å². The Balaban J connectivity index is 2.96. The van der Waals surface area contributed by atoms with Crippen LogP contribution in [0, 0.1) is 6.92 Å². The predicted molar refractivity (Wildman–Crippen MR) is 50.3 cm³/mol. The molecule has 3 heteroatoms. The second-order valence-corrected chi connectivity index (χ2v) is 2.96. The summed E-state index contributed by atoms with van der Waals surface area (Å²) < 4.78 is 12.3. The van der Waals surface area contributed by atoms with Gasteiger partial charge in [0.25, 0.3) is 0 Å².